The Morgan fingerprint density at radius 3 is 2.77 bits per heavy atom. The summed E-state index contributed by atoms with van der Waals surface area (Å²) in [5.41, 5.74) is -0.634. The van der Waals surface area contributed by atoms with Crippen LogP contribution in [0.1, 0.15) is 25.7 Å². The first kappa shape index (κ1) is 7.54. The summed E-state index contributed by atoms with van der Waals surface area (Å²) in [6, 6.07) is 0. The van der Waals surface area contributed by atoms with Crippen LogP contribution in [0.2, 0.25) is 0 Å². The van der Waals surface area contributed by atoms with Gasteiger partial charge in [-0.1, -0.05) is 0 Å². The molecule has 0 heterocycles. The second-order valence-corrected chi connectivity index (χ2v) is 4.86. The normalized spacial score (nSPS) is 51.7. The fourth-order valence-electron chi connectivity index (χ4n) is 3.84. The molecule has 4 bridgehead atoms. The molecular weight excluding hydrogens is 168 g/mol. The van der Waals surface area contributed by atoms with Gasteiger partial charge in [0, 0.05) is 11.8 Å². The lowest BCUT2D eigenvalue weighted by Gasteiger charge is -2.27. The van der Waals surface area contributed by atoms with E-state index in [1.54, 1.807) is 0 Å². The van der Waals surface area contributed by atoms with Gasteiger partial charge in [-0.05, 0) is 31.6 Å². The molecule has 4 saturated carbocycles. The maximum absolute atomic E-state index is 11.7. The lowest BCUT2D eigenvalue weighted by molar-refractivity contribution is -0.151. The van der Waals surface area contributed by atoms with Gasteiger partial charge in [0.25, 0.3) is 0 Å². The van der Waals surface area contributed by atoms with Crippen LogP contribution in [0, 0.1) is 23.2 Å². The average molecular weight is 180 g/mol. The monoisotopic (exact) mass is 180 g/mol. The van der Waals surface area contributed by atoms with Gasteiger partial charge >= 0.3 is 5.97 Å². The summed E-state index contributed by atoms with van der Waals surface area (Å²) >= 11 is 0. The number of carboxylic acid groups (broad SMARTS) is 1. The van der Waals surface area contributed by atoms with Crippen molar-refractivity contribution in [3.05, 3.63) is 0 Å². The van der Waals surface area contributed by atoms with Crippen LogP contribution in [0.3, 0.4) is 0 Å². The molecule has 4 unspecified atom stereocenters. The summed E-state index contributed by atoms with van der Waals surface area (Å²) in [4.78, 5) is 22.8. The topological polar surface area (TPSA) is 54.4 Å². The number of hydrogen-bond acceptors (Lipinski definition) is 2. The van der Waals surface area contributed by atoms with Gasteiger partial charge in [0.05, 0.1) is 5.41 Å². The van der Waals surface area contributed by atoms with E-state index in [2.05, 4.69) is 0 Å². The van der Waals surface area contributed by atoms with Gasteiger partial charge in [-0.25, -0.2) is 0 Å². The first-order valence-electron chi connectivity index (χ1n) is 4.90. The van der Waals surface area contributed by atoms with Crippen molar-refractivity contribution in [2.24, 2.45) is 23.2 Å². The minimum absolute atomic E-state index is 0.0913. The number of rotatable bonds is 1. The van der Waals surface area contributed by atoms with E-state index in [0.29, 0.717) is 12.3 Å². The predicted octanol–water partition coefficient (Wildman–Crippen LogP) is 1.08. The zero-order valence-electron chi connectivity index (χ0n) is 7.32. The molecule has 4 aliphatic carbocycles. The summed E-state index contributed by atoms with van der Waals surface area (Å²) in [6.45, 7) is 0. The summed E-state index contributed by atoms with van der Waals surface area (Å²) in [6.07, 6.45) is 3.20. The van der Waals surface area contributed by atoms with Crippen LogP contribution in [-0.4, -0.2) is 16.9 Å². The van der Waals surface area contributed by atoms with E-state index in [4.69, 9.17) is 0 Å². The molecule has 0 spiro atoms. The molecular formula is C10H12O3. The smallest absolute Gasteiger partial charge is 0.310 e. The fraction of sp³-hybridized carbons (Fsp3) is 0.800. The largest absolute Gasteiger partial charge is 0.481 e. The van der Waals surface area contributed by atoms with Crippen molar-refractivity contribution >= 4 is 11.8 Å². The van der Waals surface area contributed by atoms with Crippen molar-refractivity contribution in [1.82, 2.24) is 0 Å². The number of hydrogen-bond donors (Lipinski definition) is 1. The minimum Gasteiger partial charge on any atom is -0.481 e. The molecule has 0 aromatic heterocycles. The second-order valence-electron chi connectivity index (χ2n) is 4.86. The van der Waals surface area contributed by atoms with Gasteiger partial charge in [-0.3, -0.25) is 9.59 Å². The highest BCUT2D eigenvalue weighted by Gasteiger charge is 2.66. The molecule has 4 fully saturated rings. The Morgan fingerprint density at radius 2 is 2.15 bits per heavy atom. The molecule has 0 saturated heterocycles. The Hall–Kier alpha value is -0.860. The number of carbonyl (C=O) groups excluding carboxylic acids is 1. The minimum atomic E-state index is -0.726. The molecule has 0 radical (unpaired) electrons. The highest BCUT2D eigenvalue weighted by atomic mass is 16.4. The molecule has 0 aromatic rings. The Kier molecular flexibility index (Phi) is 1.14. The molecule has 1 N–H and O–H groups in total. The summed E-state index contributed by atoms with van der Waals surface area (Å²) in [5, 5.41) is 9.18. The van der Waals surface area contributed by atoms with Gasteiger partial charge in [0.2, 0.25) is 0 Å². The maximum atomic E-state index is 11.7. The van der Waals surface area contributed by atoms with Gasteiger partial charge in [0.1, 0.15) is 5.78 Å². The van der Waals surface area contributed by atoms with E-state index >= 15 is 0 Å². The van der Waals surface area contributed by atoms with E-state index in [1.807, 2.05) is 0 Å². The predicted molar refractivity (Wildman–Crippen MR) is 44.0 cm³/mol. The van der Waals surface area contributed by atoms with Crippen LogP contribution >= 0.6 is 0 Å². The van der Waals surface area contributed by atoms with Crippen molar-refractivity contribution in [2.75, 3.05) is 0 Å². The van der Waals surface area contributed by atoms with Gasteiger partial charge in [-0.2, -0.15) is 0 Å². The summed E-state index contributed by atoms with van der Waals surface area (Å²) in [5.74, 6) is 0.00611. The van der Waals surface area contributed by atoms with Gasteiger partial charge in [-0.15, -0.1) is 0 Å². The van der Waals surface area contributed by atoms with Crippen LogP contribution in [0.25, 0.3) is 0 Å². The third-order valence-electron chi connectivity index (χ3n) is 4.29. The molecule has 0 amide bonds. The number of ketones is 1. The molecule has 0 aromatic carbocycles. The van der Waals surface area contributed by atoms with Crippen molar-refractivity contribution in [2.45, 2.75) is 25.7 Å². The average Bonchev–Trinajstić information content (AvgIpc) is 2.45. The summed E-state index contributed by atoms with van der Waals surface area (Å²) < 4.78 is 0. The van der Waals surface area contributed by atoms with E-state index in [-0.39, 0.29) is 17.6 Å². The quantitative estimate of drug-likeness (QED) is 0.656. The Labute approximate surface area is 76.1 Å². The number of carboxylic acids is 1. The zero-order valence-corrected chi connectivity index (χ0v) is 7.32. The third-order valence-corrected chi connectivity index (χ3v) is 4.29. The van der Waals surface area contributed by atoms with Crippen LogP contribution < -0.4 is 0 Å². The number of carbonyl (C=O) groups is 2. The van der Waals surface area contributed by atoms with Crippen molar-refractivity contribution in [3.8, 4) is 0 Å². The van der Waals surface area contributed by atoms with Crippen molar-refractivity contribution in [3.63, 3.8) is 0 Å². The fourth-order valence-corrected chi connectivity index (χ4v) is 3.84. The van der Waals surface area contributed by atoms with E-state index in [9.17, 15) is 14.7 Å². The van der Waals surface area contributed by atoms with E-state index < -0.39 is 11.4 Å². The van der Waals surface area contributed by atoms with Crippen molar-refractivity contribution < 1.29 is 14.7 Å². The molecule has 70 valence electrons. The summed E-state index contributed by atoms with van der Waals surface area (Å²) in [7, 11) is 0. The maximum Gasteiger partial charge on any atom is 0.310 e. The van der Waals surface area contributed by atoms with Crippen molar-refractivity contribution in [1.29, 1.82) is 0 Å². The van der Waals surface area contributed by atoms with Crippen LogP contribution in [0.15, 0.2) is 0 Å². The molecule has 3 nitrogen and oxygen atoms in total. The first-order chi connectivity index (χ1) is 6.13. The first-order valence-corrected chi connectivity index (χ1v) is 4.90. The standard InChI is InChI=1S/C10H12O3/c11-8-6-1-5-2-7(8)10(3-5,4-6)9(12)13/h5-7H,1-4H2,(H,12,13). The second kappa shape index (κ2) is 1.97. The molecule has 13 heavy (non-hydrogen) atoms. The SMILES string of the molecule is O=C1C2CC3CC1C(C(=O)O)(C3)C2. The van der Waals surface area contributed by atoms with Crippen LogP contribution in [-0.2, 0) is 9.59 Å². The Morgan fingerprint density at radius 1 is 1.38 bits per heavy atom. The molecule has 0 aliphatic heterocycles. The van der Waals surface area contributed by atoms with E-state index in [0.717, 1.165) is 19.3 Å². The molecule has 3 heteroatoms. The number of Topliss-reactive ketones (excluding diaryl/α,β-unsaturated/α-hetero) is 1. The lowest BCUT2D eigenvalue weighted by Crippen LogP contribution is -2.32. The van der Waals surface area contributed by atoms with Gasteiger partial charge in [0.15, 0.2) is 0 Å². The Balaban J connectivity index is 2.10. The molecule has 4 atom stereocenters. The lowest BCUT2D eigenvalue weighted by atomic mass is 9.76. The van der Waals surface area contributed by atoms with Crippen LogP contribution in [0.4, 0.5) is 0 Å². The third kappa shape index (κ3) is 0.675. The molecule has 4 aliphatic rings. The zero-order chi connectivity index (χ0) is 9.22. The van der Waals surface area contributed by atoms with Crippen LogP contribution in [0.5, 0.6) is 0 Å². The number of aliphatic carboxylic acids is 1. The van der Waals surface area contributed by atoms with Gasteiger partial charge < -0.3 is 5.11 Å². The highest BCUT2D eigenvalue weighted by molar-refractivity contribution is 5.95. The Bertz CT molecular complexity index is 309. The highest BCUT2D eigenvalue weighted by Crippen LogP contribution is 2.63. The van der Waals surface area contributed by atoms with E-state index in [1.165, 1.54) is 0 Å². The molecule has 4 rings (SSSR count).